The van der Waals surface area contributed by atoms with Crippen molar-refractivity contribution in [3.8, 4) is 0 Å². The molecular weight excluding hydrogens is 391 g/mol. The van der Waals surface area contributed by atoms with Gasteiger partial charge in [-0.3, -0.25) is 9.69 Å². The van der Waals surface area contributed by atoms with E-state index in [4.69, 9.17) is 9.15 Å². The molecule has 0 bridgehead atoms. The van der Waals surface area contributed by atoms with Gasteiger partial charge in [0.1, 0.15) is 17.1 Å². The fourth-order valence-electron chi connectivity index (χ4n) is 3.65. The van der Waals surface area contributed by atoms with Gasteiger partial charge in [-0.05, 0) is 12.1 Å². The lowest BCUT2D eigenvalue weighted by atomic mass is 10.0. The Hall–Kier alpha value is -2.53. The van der Waals surface area contributed by atoms with Gasteiger partial charge in [-0.15, -0.1) is 0 Å². The highest BCUT2D eigenvalue weighted by atomic mass is 19.4. The number of carbonyl (C=O) groups excluding carboxylic acids is 1. The number of hydrogen-bond acceptors (Lipinski definition) is 6. The van der Waals surface area contributed by atoms with Crippen LogP contribution in [0.4, 0.5) is 19.0 Å². The van der Waals surface area contributed by atoms with Gasteiger partial charge in [0, 0.05) is 32.6 Å². The molecule has 0 aromatic carbocycles. The van der Waals surface area contributed by atoms with Gasteiger partial charge in [0.05, 0.1) is 31.7 Å². The van der Waals surface area contributed by atoms with Gasteiger partial charge in [-0.1, -0.05) is 0 Å². The lowest BCUT2D eigenvalue weighted by Gasteiger charge is -2.32. The number of hydrogen-bond donors (Lipinski definition) is 2. The highest BCUT2D eigenvalue weighted by Crippen LogP contribution is 2.44. The molecule has 2 aromatic rings. The van der Waals surface area contributed by atoms with Crippen LogP contribution in [-0.4, -0.2) is 66.2 Å². The molecule has 29 heavy (non-hydrogen) atoms. The number of rotatable bonds is 5. The third-order valence-corrected chi connectivity index (χ3v) is 5.19. The standard InChI is InChI=1S/C18H22F3N5O3/c19-18(20,21)15-10-13(14-2-1-7-29-14)24-16-12(11-23-26(15)16)17(27)22-3-4-25-5-8-28-9-6-25/h1-2,7,11,13,15,24H,3-6,8-10H2,(H,22,27)/t13-,15+/m1/s1. The molecular formula is C18H22F3N5O3. The molecule has 8 nitrogen and oxygen atoms in total. The van der Waals surface area contributed by atoms with E-state index >= 15 is 0 Å². The van der Waals surface area contributed by atoms with Crippen LogP contribution in [0.3, 0.4) is 0 Å². The lowest BCUT2D eigenvalue weighted by molar-refractivity contribution is -0.174. The van der Waals surface area contributed by atoms with E-state index in [1.54, 1.807) is 12.1 Å². The van der Waals surface area contributed by atoms with Gasteiger partial charge >= 0.3 is 6.18 Å². The van der Waals surface area contributed by atoms with Gasteiger partial charge < -0.3 is 19.8 Å². The second-order valence-electron chi connectivity index (χ2n) is 7.07. The zero-order valence-corrected chi connectivity index (χ0v) is 15.6. The summed E-state index contributed by atoms with van der Waals surface area (Å²) in [6.07, 6.45) is -2.19. The molecule has 1 saturated heterocycles. The normalized spacial score (nSPS) is 22.7. The minimum atomic E-state index is -4.50. The maximum Gasteiger partial charge on any atom is 0.410 e. The second-order valence-corrected chi connectivity index (χ2v) is 7.07. The molecule has 0 saturated carbocycles. The fraction of sp³-hybridized carbons (Fsp3) is 0.556. The van der Waals surface area contributed by atoms with Crippen LogP contribution < -0.4 is 10.6 Å². The minimum Gasteiger partial charge on any atom is -0.467 e. The largest absolute Gasteiger partial charge is 0.467 e. The number of nitrogens with zero attached hydrogens (tertiary/aromatic N) is 3. The van der Waals surface area contributed by atoms with Crippen LogP contribution in [0.1, 0.15) is 34.6 Å². The summed E-state index contributed by atoms with van der Waals surface area (Å²) < 4.78 is 52.3. The van der Waals surface area contributed by atoms with Crippen LogP contribution in [0.5, 0.6) is 0 Å². The van der Waals surface area contributed by atoms with Crippen molar-refractivity contribution in [1.29, 1.82) is 0 Å². The number of ether oxygens (including phenoxy) is 1. The molecule has 11 heteroatoms. The predicted octanol–water partition coefficient (Wildman–Crippen LogP) is 2.20. The Morgan fingerprint density at radius 3 is 2.83 bits per heavy atom. The number of amides is 1. The summed E-state index contributed by atoms with van der Waals surface area (Å²) in [4.78, 5) is 14.8. The molecule has 0 radical (unpaired) electrons. The van der Waals surface area contributed by atoms with E-state index in [0.29, 0.717) is 32.1 Å². The number of fused-ring (bicyclic) bond motifs is 1. The monoisotopic (exact) mass is 413 g/mol. The van der Waals surface area contributed by atoms with Crippen LogP contribution in [0.15, 0.2) is 29.0 Å². The van der Waals surface area contributed by atoms with Gasteiger partial charge in [-0.2, -0.15) is 18.3 Å². The first kappa shape index (κ1) is 19.8. The molecule has 1 fully saturated rings. The SMILES string of the molecule is O=C(NCCN1CCOCC1)c1cnn2c1N[C@@H](c1ccco1)C[C@H]2C(F)(F)F. The Bertz CT molecular complexity index is 830. The molecule has 0 aliphatic carbocycles. The van der Waals surface area contributed by atoms with Crippen LogP contribution in [0.2, 0.25) is 0 Å². The molecule has 2 aliphatic heterocycles. The van der Waals surface area contributed by atoms with Gasteiger partial charge in [-0.25, -0.2) is 4.68 Å². The van der Waals surface area contributed by atoms with Crippen LogP contribution in [0, 0.1) is 0 Å². The zero-order valence-electron chi connectivity index (χ0n) is 15.6. The highest BCUT2D eigenvalue weighted by molar-refractivity contribution is 5.98. The minimum absolute atomic E-state index is 0.0452. The summed E-state index contributed by atoms with van der Waals surface area (Å²) in [6.45, 7) is 3.92. The number of aromatic nitrogens is 2. The Balaban J connectivity index is 1.49. The molecule has 0 unspecified atom stereocenters. The summed E-state index contributed by atoms with van der Waals surface area (Å²) in [7, 11) is 0. The van der Waals surface area contributed by atoms with Crippen molar-refractivity contribution in [3.05, 3.63) is 35.9 Å². The van der Waals surface area contributed by atoms with Gasteiger partial charge in [0.15, 0.2) is 6.04 Å². The number of carbonyl (C=O) groups is 1. The smallest absolute Gasteiger partial charge is 0.410 e. The molecule has 2 atom stereocenters. The van der Waals surface area contributed by atoms with E-state index in [1.165, 1.54) is 12.5 Å². The van der Waals surface area contributed by atoms with Crippen LogP contribution in [-0.2, 0) is 4.74 Å². The molecule has 4 heterocycles. The molecule has 2 aliphatic rings. The number of morpholine rings is 1. The van der Waals surface area contributed by atoms with E-state index in [2.05, 4.69) is 20.6 Å². The van der Waals surface area contributed by atoms with E-state index < -0.39 is 24.2 Å². The van der Waals surface area contributed by atoms with E-state index in [0.717, 1.165) is 17.8 Å². The van der Waals surface area contributed by atoms with Crippen molar-refractivity contribution >= 4 is 11.7 Å². The van der Waals surface area contributed by atoms with Gasteiger partial charge in [0.25, 0.3) is 5.91 Å². The number of halogens is 3. The number of alkyl halides is 3. The average molecular weight is 413 g/mol. The maximum absolute atomic E-state index is 13.6. The lowest BCUT2D eigenvalue weighted by Crippen LogP contribution is -2.41. The van der Waals surface area contributed by atoms with Crippen molar-refractivity contribution in [2.75, 3.05) is 44.7 Å². The number of nitrogens with one attached hydrogen (secondary N) is 2. The Labute approximate surface area is 165 Å². The summed E-state index contributed by atoms with van der Waals surface area (Å²) in [5.74, 6) is -0.0396. The molecule has 4 rings (SSSR count). The van der Waals surface area contributed by atoms with Crippen molar-refractivity contribution in [3.63, 3.8) is 0 Å². The van der Waals surface area contributed by atoms with E-state index in [9.17, 15) is 18.0 Å². The van der Waals surface area contributed by atoms with Crippen molar-refractivity contribution in [1.82, 2.24) is 20.0 Å². The van der Waals surface area contributed by atoms with Crippen LogP contribution in [0.25, 0.3) is 0 Å². The summed E-state index contributed by atoms with van der Waals surface area (Å²) in [5, 5.41) is 9.61. The first-order valence-electron chi connectivity index (χ1n) is 9.46. The maximum atomic E-state index is 13.6. The Morgan fingerprint density at radius 1 is 1.34 bits per heavy atom. The Morgan fingerprint density at radius 2 is 2.14 bits per heavy atom. The molecule has 0 spiro atoms. The predicted molar refractivity (Wildman–Crippen MR) is 96.6 cm³/mol. The number of furan rings is 1. The summed E-state index contributed by atoms with van der Waals surface area (Å²) in [5.41, 5.74) is 0.0810. The van der Waals surface area contributed by atoms with Crippen LogP contribution >= 0.6 is 0 Å². The molecule has 158 valence electrons. The average Bonchev–Trinajstić information content (AvgIpc) is 3.37. The third kappa shape index (κ3) is 4.25. The quantitative estimate of drug-likeness (QED) is 0.782. The number of anilines is 1. The first-order valence-corrected chi connectivity index (χ1v) is 9.46. The highest BCUT2D eigenvalue weighted by Gasteiger charge is 2.47. The van der Waals surface area contributed by atoms with Crippen molar-refractivity contribution in [2.24, 2.45) is 0 Å². The van der Waals surface area contributed by atoms with E-state index in [1.807, 2.05) is 0 Å². The van der Waals surface area contributed by atoms with Gasteiger partial charge in [0.2, 0.25) is 0 Å². The molecule has 2 aromatic heterocycles. The zero-order chi connectivity index (χ0) is 20.4. The first-order chi connectivity index (χ1) is 13.9. The second kappa shape index (κ2) is 8.07. The van der Waals surface area contributed by atoms with Crippen molar-refractivity contribution in [2.45, 2.75) is 24.7 Å². The topological polar surface area (TPSA) is 84.6 Å². The third-order valence-electron chi connectivity index (χ3n) is 5.19. The summed E-state index contributed by atoms with van der Waals surface area (Å²) in [6, 6.07) is 0.675. The molecule has 2 N–H and O–H groups in total. The van der Waals surface area contributed by atoms with Crippen molar-refractivity contribution < 1.29 is 27.1 Å². The van der Waals surface area contributed by atoms with E-state index in [-0.39, 0.29) is 17.8 Å². The Kier molecular flexibility index (Phi) is 5.50. The summed E-state index contributed by atoms with van der Waals surface area (Å²) >= 11 is 0. The molecule has 1 amide bonds. The fourth-order valence-corrected chi connectivity index (χ4v) is 3.65.